The van der Waals surface area contributed by atoms with Crippen LogP contribution < -0.4 is 5.32 Å². The highest BCUT2D eigenvalue weighted by atomic mass is 35.5. The average molecular weight is 316 g/mol. The summed E-state index contributed by atoms with van der Waals surface area (Å²) in [5, 5.41) is 2.68. The lowest BCUT2D eigenvalue weighted by Gasteiger charge is -2.05. The predicted molar refractivity (Wildman–Crippen MR) is 89.7 cm³/mol. The van der Waals surface area contributed by atoms with Crippen molar-refractivity contribution < 1.29 is 9.53 Å². The fourth-order valence-corrected chi connectivity index (χ4v) is 2.06. The highest BCUT2D eigenvalue weighted by Crippen LogP contribution is 2.09. The number of nitrogens with one attached hydrogen (secondary N) is 1. The summed E-state index contributed by atoms with van der Waals surface area (Å²) in [5.74, 6) is 0.492. The van der Waals surface area contributed by atoms with Gasteiger partial charge in [-0.3, -0.25) is 0 Å². The fraction of sp³-hybridized carbons (Fsp3) is 0.167. The third kappa shape index (κ3) is 5.62. The van der Waals surface area contributed by atoms with E-state index in [9.17, 15) is 4.79 Å². The van der Waals surface area contributed by atoms with Crippen LogP contribution in [0.25, 0.3) is 6.08 Å². The van der Waals surface area contributed by atoms with E-state index in [-0.39, 0.29) is 6.61 Å². The van der Waals surface area contributed by atoms with Gasteiger partial charge in [0.05, 0.1) is 0 Å². The molecule has 0 unspecified atom stereocenters. The Morgan fingerprint density at radius 1 is 1.09 bits per heavy atom. The summed E-state index contributed by atoms with van der Waals surface area (Å²) in [6, 6.07) is 17.5. The van der Waals surface area contributed by atoms with Crippen LogP contribution in [-0.4, -0.2) is 12.6 Å². The summed E-state index contributed by atoms with van der Waals surface area (Å²) in [4.78, 5) is 11.5. The lowest BCUT2D eigenvalue weighted by Crippen LogP contribution is -2.24. The Bertz CT molecular complexity index is 626. The molecule has 4 heteroatoms. The second-order valence-corrected chi connectivity index (χ2v) is 4.99. The van der Waals surface area contributed by atoms with Crippen LogP contribution in [-0.2, 0) is 17.2 Å². The van der Waals surface area contributed by atoms with Crippen molar-refractivity contribution in [2.24, 2.45) is 0 Å². The van der Waals surface area contributed by atoms with Gasteiger partial charge in [0.15, 0.2) is 0 Å². The molecule has 114 valence electrons. The van der Waals surface area contributed by atoms with Gasteiger partial charge in [0.25, 0.3) is 0 Å². The summed E-state index contributed by atoms with van der Waals surface area (Å²) in [5.41, 5.74) is 3.09. The number of amides is 1. The molecule has 0 aliphatic rings. The van der Waals surface area contributed by atoms with Crippen LogP contribution in [0, 0.1) is 0 Å². The van der Waals surface area contributed by atoms with E-state index in [1.807, 2.05) is 66.7 Å². The molecule has 2 rings (SSSR count). The molecule has 0 bridgehead atoms. The molecule has 0 fully saturated rings. The molecule has 1 N–H and O–H groups in total. The molecule has 2 aromatic carbocycles. The topological polar surface area (TPSA) is 38.3 Å². The van der Waals surface area contributed by atoms with Crippen molar-refractivity contribution in [2.45, 2.75) is 12.5 Å². The monoisotopic (exact) mass is 315 g/mol. The molecular formula is C18H18ClNO2. The molecule has 0 heterocycles. The number of benzene rings is 2. The van der Waals surface area contributed by atoms with Gasteiger partial charge in [0, 0.05) is 12.4 Å². The van der Waals surface area contributed by atoms with Crippen molar-refractivity contribution in [1.82, 2.24) is 5.32 Å². The molecule has 0 aromatic heterocycles. The normalized spacial score (nSPS) is 10.6. The van der Waals surface area contributed by atoms with Crippen molar-refractivity contribution >= 4 is 23.8 Å². The molecular weight excluding hydrogens is 298 g/mol. The smallest absolute Gasteiger partial charge is 0.407 e. The second kappa shape index (κ2) is 8.90. The molecule has 0 radical (unpaired) electrons. The van der Waals surface area contributed by atoms with E-state index in [2.05, 4.69) is 5.32 Å². The summed E-state index contributed by atoms with van der Waals surface area (Å²) in [6.07, 6.45) is 3.38. The van der Waals surface area contributed by atoms with E-state index >= 15 is 0 Å². The summed E-state index contributed by atoms with van der Waals surface area (Å²) in [6.45, 7) is 0.687. The number of carbonyl (C=O) groups excluding carboxylic acids is 1. The van der Waals surface area contributed by atoms with Crippen LogP contribution in [0.2, 0.25) is 0 Å². The third-order valence-corrected chi connectivity index (χ3v) is 3.30. The Morgan fingerprint density at radius 2 is 1.86 bits per heavy atom. The highest BCUT2D eigenvalue weighted by molar-refractivity contribution is 6.17. The zero-order valence-electron chi connectivity index (χ0n) is 12.2. The second-order valence-electron chi connectivity index (χ2n) is 4.72. The Labute approximate surface area is 135 Å². The van der Waals surface area contributed by atoms with E-state index in [0.29, 0.717) is 12.4 Å². The van der Waals surface area contributed by atoms with Crippen LogP contribution in [0.1, 0.15) is 16.7 Å². The Kier molecular flexibility index (Phi) is 6.52. The average Bonchev–Trinajstić information content (AvgIpc) is 2.58. The highest BCUT2D eigenvalue weighted by Gasteiger charge is 2.00. The number of rotatable bonds is 6. The van der Waals surface area contributed by atoms with Gasteiger partial charge >= 0.3 is 6.09 Å². The summed E-state index contributed by atoms with van der Waals surface area (Å²) in [7, 11) is 0. The van der Waals surface area contributed by atoms with Gasteiger partial charge in [-0.2, -0.15) is 0 Å². The molecule has 0 saturated heterocycles. The molecule has 0 aliphatic carbocycles. The van der Waals surface area contributed by atoms with E-state index in [1.165, 1.54) is 0 Å². The predicted octanol–water partition coefficient (Wildman–Crippen LogP) is 4.37. The lowest BCUT2D eigenvalue weighted by atomic mass is 10.1. The van der Waals surface area contributed by atoms with Gasteiger partial charge in [0.1, 0.15) is 6.61 Å². The number of alkyl halides is 1. The van der Waals surface area contributed by atoms with Gasteiger partial charge in [-0.25, -0.2) is 4.79 Å². The minimum Gasteiger partial charge on any atom is -0.445 e. The van der Waals surface area contributed by atoms with Gasteiger partial charge in [0.2, 0.25) is 0 Å². The van der Waals surface area contributed by atoms with E-state index in [1.54, 1.807) is 0 Å². The SMILES string of the molecule is O=C(NCC=Cc1cccc(CCl)c1)OCc1ccccc1. The molecule has 0 aliphatic heterocycles. The number of ether oxygens (including phenoxy) is 1. The maximum Gasteiger partial charge on any atom is 0.407 e. The number of hydrogen-bond acceptors (Lipinski definition) is 2. The Hall–Kier alpha value is -2.26. The maximum atomic E-state index is 11.5. The van der Waals surface area contributed by atoms with E-state index in [4.69, 9.17) is 16.3 Å². The first-order valence-corrected chi connectivity index (χ1v) is 7.57. The lowest BCUT2D eigenvalue weighted by molar-refractivity contribution is 0.141. The van der Waals surface area contributed by atoms with E-state index in [0.717, 1.165) is 16.7 Å². The molecule has 0 saturated carbocycles. The van der Waals surface area contributed by atoms with Crippen LogP contribution >= 0.6 is 11.6 Å². The molecule has 2 aromatic rings. The first-order valence-electron chi connectivity index (χ1n) is 7.04. The first-order chi connectivity index (χ1) is 10.8. The fourth-order valence-electron chi connectivity index (χ4n) is 1.89. The van der Waals surface area contributed by atoms with Crippen molar-refractivity contribution in [3.05, 3.63) is 77.4 Å². The summed E-state index contributed by atoms with van der Waals surface area (Å²) >= 11 is 5.79. The molecule has 22 heavy (non-hydrogen) atoms. The van der Waals surface area contributed by atoms with Gasteiger partial charge in [-0.1, -0.05) is 66.7 Å². The Balaban J connectivity index is 1.71. The van der Waals surface area contributed by atoms with Crippen LogP contribution in [0.4, 0.5) is 4.79 Å². The minimum absolute atomic E-state index is 0.272. The number of hydrogen-bond donors (Lipinski definition) is 1. The number of carbonyl (C=O) groups is 1. The zero-order chi connectivity index (χ0) is 15.6. The van der Waals surface area contributed by atoms with Gasteiger partial charge < -0.3 is 10.1 Å². The zero-order valence-corrected chi connectivity index (χ0v) is 12.9. The van der Waals surface area contributed by atoms with Crippen molar-refractivity contribution in [3.8, 4) is 0 Å². The largest absolute Gasteiger partial charge is 0.445 e. The van der Waals surface area contributed by atoms with Gasteiger partial charge in [-0.05, 0) is 16.7 Å². The maximum absolute atomic E-state index is 11.5. The van der Waals surface area contributed by atoms with Crippen molar-refractivity contribution in [2.75, 3.05) is 6.54 Å². The standard InChI is InChI=1S/C18H18ClNO2/c19-13-17-9-4-8-15(12-17)10-5-11-20-18(21)22-14-16-6-2-1-3-7-16/h1-10,12H,11,13-14H2,(H,20,21). The number of halogens is 1. The number of alkyl carbamates (subject to hydrolysis) is 1. The first kappa shape index (κ1) is 16.1. The van der Waals surface area contributed by atoms with Crippen LogP contribution in [0.3, 0.4) is 0 Å². The molecule has 0 atom stereocenters. The van der Waals surface area contributed by atoms with Crippen molar-refractivity contribution in [3.63, 3.8) is 0 Å². The molecule has 0 spiro atoms. The van der Waals surface area contributed by atoms with Crippen molar-refractivity contribution in [1.29, 1.82) is 0 Å². The minimum atomic E-state index is -0.428. The Morgan fingerprint density at radius 3 is 2.64 bits per heavy atom. The van der Waals surface area contributed by atoms with E-state index < -0.39 is 6.09 Å². The third-order valence-electron chi connectivity index (χ3n) is 2.99. The van der Waals surface area contributed by atoms with Crippen LogP contribution in [0.15, 0.2) is 60.7 Å². The summed E-state index contributed by atoms with van der Waals surface area (Å²) < 4.78 is 5.12. The van der Waals surface area contributed by atoms with Gasteiger partial charge in [-0.15, -0.1) is 11.6 Å². The van der Waals surface area contributed by atoms with Crippen LogP contribution in [0.5, 0.6) is 0 Å². The molecule has 3 nitrogen and oxygen atoms in total. The molecule has 1 amide bonds. The quantitative estimate of drug-likeness (QED) is 0.804.